The number of sulfonamides is 1. The van der Waals surface area contributed by atoms with Gasteiger partial charge in [-0.1, -0.05) is 53.7 Å². The molecule has 12 heteroatoms. The number of carbonyl (C=O) groups is 1. The Morgan fingerprint density at radius 1 is 1.07 bits per heavy atom. The van der Waals surface area contributed by atoms with E-state index in [4.69, 9.17) is 24.8 Å². The van der Waals surface area contributed by atoms with Gasteiger partial charge >= 0.3 is 6.09 Å². The summed E-state index contributed by atoms with van der Waals surface area (Å²) in [7, 11) is -4.18. The largest absolute Gasteiger partial charge is 0.443 e. The fraction of sp³-hybridized carbons (Fsp3) is 0.552. The Bertz CT molecular complexity index is 1260. The van der Waals surface area contributed by atoms with E-state index < -0.39 is 40.9 Å². The van der Waals surface area contributed by atoms with Crippen molar-refractivity contribution in [2.45, 2.75) is 80.5 Å². The summed E-state index contributed by atoms with van der Waals surface area (Å²) in [4.78, 5) is 19.0. The Morgan fingerprint density at radius 3 is 2.61 bits per heavy atom. The zero-order valence-electron chi connectivity index (χ0n) is 23.0. The normalized spacial score (nSPS) is 24.6. The molecule has 5 rings (SSSR count). The molecule has 0 spiro atoms. The third kappa shape index (κ3) is 7.56. The minimum absolute atomic E-state index is 0.0415. The number of alkyl carbamates (subject to hydrolysis) is 1. The minimum atomic E-state index is -4.18. The number of nitrogen functional groups attached to an aromatic ring is 1. The molecule has 1 saturated carbocycles. The molecule has 0 aromatic heterocycles. The van der Waals surface area contributed by atoms with E-state index in [1.807, 2.05) is 30.3 Å². The summed E-state index contributed by atoms with van der Waals surface area (Å²) in [6, 6.07) is 14.4. The van der Waals surface area contributed by atoms with Gasteiger partial charge in [-0.2, -0.15) is 0 Å². The van der Waals surface area contributed by atoms with Crippen LogP contribution in [0, 0.1) is 5.92 Å². The molecule has 0 unspecified atom stereocenters. The van der Waals surface area contributed by atoms with Gasteiger partial charge in [0.15, 0.2) is 6.29 Å². The number of carbonyl (C=O) groups excluding carboxylic acids is 1. The van der Waals surface area contributed by atoms with Gasteiger partial charge in [0.05, 0.1) is 36.3 Å². The number of hydrogen-bond acceptors (Lipinski definition) is 9. The van der Waals surface area contributed by atoms with Crippen LogP contribution >= 0.6 is 0 Å². The molecule has 2 heterocycles. The van der Waals surface area contributed by atoms with Crippen LogP contribution in [0.5, 0.6) is 0 Å². The lowest BCUT2D eigenvalue weighted by Gasteiger charge is -2.31. The molecular formula is C29H39N3O8S. The lowest BCUT2D eigenvalue weighted by molar-refractivity contribution is -0.152. The van der Waals surface area contributed by atoms with Crippen molar-refractivity contribution < 1.29 is 37.4 Å². The number of rotatable bonds is 11. The topological polar surface area (TPSA) is 150 Å². The molecule has 1 aliphatic carbocycles. The van der Waals surface area contributed by atoms with Gasteiger partial charge in [-0.3, -0.25) is 4.84 Å². The predicted molar refractivity (Wildman–Crippen MR) is 150 cm³/mol. The summed E-state index contributed by atoms with van der Waals surface area (Å²) >= 11 is 0. The predicted octanol–water partition coefficient (Wildman–Crippen LogP) is 2.98. The average molecular weight is 590 g/mol. The van der Waals surface area contributed by atoms with E-state index >= 15 is 0 Å². The average Bonchev–Trinajstić information content (AvgIpc) is 3.63. The molecule has 3 fully saturated rings. The maximum Gasteiger partial charge on any atom is 0.407 e. The van der Waals surface area contributed by atoms with Gasteiger partial charge < -0.3 is 30.4 Å². The number of aliphatic hydroxyl groups is 1. The maximum atomic E-state index is 13.7. The first-order valence-electron chi connectivity index (χ1n) is 14.3. The molecule has 5 atom stereocenters. The molecule has 2 aromatic rings. The van der Waals surface area contributed by atoms with E-state index in [9.17, 15) is 18.3 Å². The van der Waals surface area contributed by atoms with E-state index in [1.54, 1.807) is 12.1 Å². The summed E-state index contributed by atoms with van der Waals surface area (Å²) in [5.74, 6) is -0.0502. The molecule has 2 aromatic carbocycles. The Hall–Kier alpha value is -2.74. The van der Waals surface area contributed by atoms with Crippen LogP contribution in [0.4, 0.5) is 10.5 Å². The van der Waals surface area contributed by atoms with Crippen molar-refractivity contribution >= 4 is 21.8 Å². The molecule has 4 N–H and O–H groups in total. The van der Waals surface area contributed by atoms with E-state index in [0.717, 1.165) is 35.7 Å². The SMILES string of the molecule is Nc1cccc(S(=O)(=O)N(C[C@@H](O)[C@H](Cc2ccccc2)NC(=O)O[C@@H]2CO[C@@H]3OCCC[C@@H]32)OC2CCCC2)c1. The van der Waals surface area contributed by atoms with E-state index in [1.165, 1.54) is 12.1 Å². The van der Waals surface area contributed by atoms with Gasteiger partial charge in [0, 0.05) is 18.2 Å². The Balaban J connectivity index is 1.33. The molecule has 41 heavy (non-hydrogen) atoms. The van der Waals surface area contributed by atoms with Crippen LogP contribution < -0.4 is 11.1 Å². The van der Waals surface area contributed by atoms with Gasteiger partial charge in [0.2, 0.25) is 0 Å². The van der Waals surface area contributed by atoms with Crippen LogP contribution in [-0.2, 0) is 35.5 Å². The maximum absolute atomic E-state index is 13.7. The number of hydrogen-bond donors (Lipinski definition) is 3. The van der Waals surface area contributed by atoms with Crippen molar-refractivity contribution in [3.63, 3.8) is 0 Å². The first kappa shape index (κ1) is 29.7. The second-order valence-corrected chi connectivity index (χ2v) is 12.7. The fourth-order valence-electron chi connectivity index (χ4n) is 5.65. The lowest BCUT2D eigenvalue weighted by Crippen LogP contribution is -2.51. The highest BCUT2D eigenvalue weighted by Crippen LogP contribution is 2.32. The van der Waals surface area contributed by atoms with Gasteiger partial charge in [-0.25, -0.2) is 13.2 Å². The van der Waals surface area contributed by atoms with Gasteiger partial charge in [-0.15, -0.1) is 0 Å². The van der Waals surface area contributed by atoms with E-state index in [0.29, 0.717) is 25.1 Å². The first-order valence-corrected chi connectivity index (χ1v) is 15.7. The van der Waals surface area contributed by atoms with Crippen LogP contribution in [0.3, 0.4) is 0 Å². The third-order valence-electron chi connectivity index (χ3n) is 7.87. The number of nitrogens with two attached hydrogens (primary N) is 1. The van der Waals surface area contributed by atoms with Crippen molar-refractivity contribution in [1.29, 1.82) is 0 Å². The summed E-state index contributed by atoms with van der Waals surface area (Å²) in [6.07, 6.45) is 2.03. The molecule has 11 nitrogen and oxygen atoms in total. The van der Waals surface area contributed by atoms with Crippen molar-refractivity contribution in [1.82, 2.24) is 9.79 Å². The van der Waals surface area contributed by atoms with Crippen LogP contribution in [0.15, 0.2) is 59.5 Å². The van der Waals surface area contributed by atoms with Crippen molar-refractivity contribution in [3.05, 3.63) is 60.2 Å². The molecular weight excluding hydrogens is 550 g/mol. The van der Waals surface area contributed by atoms with Gasteiger partial charge in [0.25, 0.3) is 10.0 Å². The van der Waals surface area contributed by atoms with Crippen molar-refractivity contribution in [3.8, 4) is 0 Å². The second kappa shape index (κ2) is 13.5. The van der Waals surface area contributed by atoms with Gasteiger partial charge in [-0.05, 0) is 55.9 Å². The molecule has 2 aliphatic heterocycles. The second-order valence-electron chi connectivity index (χ2n) is 10.9. The summed E-state index contributed by atoms with van der Waals surface area (Å²) in [5.41, 5.74) is 7.01. The highest BCUT2D eigenvalue weighted by atomic mass is 32.2. The Labute approximate surface area is 240 Å². The number of ether oxygens (including phenoxy) is 3. The molecule has 0 bridgehead atoms. The zero-order chi connectivity index (χ0) is 28.8. The molecule has 1 amide bonds. The van der Waals surface area contributed by atoms with Gasteiger partial charge in [0.1, 0.15) is 6.10 Å². The number of nitrogens with one attached hydrogen (secondary N) is 1. The number of nitrogens with zero attached hydrogens (tertiary/aromatic N) is 1. The van der Waals surface area contributed by atoms with Crippen molar-refractivity contribution in [2.24, 2.45) is 5.92 Å². The summed E-state index contributed by atoms with van der Waals surface area (Å²) in [5, 5.41) is 14.2. The van der Waals surface area contributed by atoms with Crippen molar-refractivity contribution in [2.75, 3.05) is 25.5 Å². The molecule has 2 saturated heterocycles. The molecule has 0 radical (unpaired) electrons. The van der Waals surface area contributed by atoms with Crippen LogP contribution in [0.2, 0.25) is 0 Å². The standard InChI is InChI=1S/C29H39N3O8S/c30-21-10-6-13-23(17-21)41(35,36)32(40-22-11-4-5-12-22)18-26(33)25(16-20-8-2-1-3-9-20)31-29(34)39-27-19-38-28-24(27)14-7-15-37-28/h1-3,6,8-10,13,17,22,24-28,33H,4-5,7,11-12,14-16,18-19,30H2,(H,31,34)/t24-,25+,26-,27-,28+/m1/s1. The molecule has 3 aliphatic rings. The quantitative estimate of drug-likeness (QED) is 0.266. The zero-order valence-corrected chi connectivity index (χ0v) is 23.8. The smallest absolute Gasteiger partial charge is 0.407 e. The Morgan fingerprint density at radius 2 is 1.85 bits per heavy atom. The number of benzene rings is 2. The number of anilines is 1. The van der Waals surface area contributed by atoms with E-state index in [2.05, 4.69) is 5.32 Å². The monoisotopic (exact) mass is 589 g/mol. The van der Waals surface area contributed by atoms with E-state index in [-0.39, 0.29) is 36.2 Å². The summed E-state index contributed by atoms with van der Waals surface area (Å²) < 4.78 is 45.2. The minimum Gasteiger partial charge on any atom is -0.443 e. The van der Waals surface area contributed by atoms with Crippen LogP contribution in [0.25, 0.3) is 0 Å². The van der Waals surface area contributed by atoms with Crippen LogP contribution in [-0.4, -0.2) is 74.5 Å². The number of amides is 1. The number of fused-ring (bicyclic) bond motifs is 1. The summed E-state index contributed by atoms with van der Waals surface area (Å²) in [6.45, 7) is 0.440. The van der Waals surface area contributed by atoms with Crippen LogP contribution in [0.1, 0.15) is 44.1 Å². The number of aliphatic hydroxyl groups excluding tert-OH is 1. The third-order valence-corrected chi connectivity index (χ3v) is 9.49. The highest BCUT2D eigenvalue weighted by molar-refractivity contribution is 7.89. The molecule has 224 valence electrons. The first-order chi connectivity index (χ1) is 19.8. The fourth-order valence-corrected chi connectivity index (χ4v) is 7.01. The number of hydroxylamine groups is 1. The Kier molecular flexibility index (Phi) is 9.79. The highest BCUT2D eigenvalue weighted by Gasteiger charge is 2.42. The lowest BCUT2D eigenvalue weighted by atomic mass is 9.97.